The van der Waals surface area contributed by atoms with Crippen LogP contribution >= 0.6 is 0 Å². The lowest BCUT2D eigenvalue weighted by Gasteiger charge is -2.34. The van der Waals surface area contributed by atoms with Gasteiger partial charge in [0.25, 0.3) is 0 Å². The van der Waals surface area contributed by atoms with Crippen molar-refractivity contribution in [2.24, 2.45) is 10.9 Å². The lowest BCUT2D eigenvalue weighted by Crippen LogP contribution is -2.42. The van der Waals surface area contributed by atoms with Gasteiger partial charge in [-0.2, -0.15) is 0 Å². The van der Waals surface area contributed by atoms with Crippen LogP contribution in [0.5, 0.6) is 17.2 Å². The number of fused-ring (bicyclic) bond motifs is 3. The zero-order valence-corrected chi connectivity index (χ0v) is 29.8. The summed E-state index contributed by atoms with van der Waals surface area (Å²) in [5.74, 6) is -2.13. The maximum Gasteiger partial charge on any atom is 0.375 e. The number of aliphatic hydroxyl groups is 3. The number of carbonyl (C=O) groups excluding carboxylic acids is 3. The van der Waals surface area contributed by atoms with E-state index in [9.17, 15) is 29.7 Å². The van der Waals surface area contributed by atoms with Crippen LogP contribution in [0.1, 0.15) is 93.9 Å². The highest BCUT2D eigenvalue weighted by molar-refractivity contribution is 6.11. The van der Waals surface area contributed by atoms with Crippen molar-refractivity contribution >= 4 is 29.7 Å². The van der Waals surface area contributed by atoms with Crippen LogP contribution < -0.4 is 24.8 Å². The maximum absolute atomic E-state index is 13.9. The molecule has 0 bridgehead atoms. The normalized spacial score (nSPS) is 23.2. The van der Waals surface area contributed by atoms with Gasteiger partial charge in [-0.25, -0.2) is 4.79 Å². The van der Waals surface area contributed by atoms with Gasteiger partial charge in [0, 0.05) is 29.4 Å². The second-order valence-electron chi connectivity index (χ2n) is 13.9. The monoisotopic (exact) mass is 701 g/mol. The largest absolute Gasteiger partial charge is 0.496 e. The minimum atomic E-state index is -1.21. The van der Waals surface area contributed by atoms with Gasteiger partial charge in [-0.15, -0.1) is 0 Å². The Bertz CT molecular complexity index is 1920. The van der Waals surface area contributed by atoms with Gasteiger partial charge in [0.05, 0.1) is 61.1 Å². The van der Waals surface area contributed by atoms with Crippen molar-refractivity contribution in [2.45, 2.75) is 96.4 Å². The fourth-order valence-electron chi connectivity index (χ4n) is 7.94. The van der Waals surface area contributed by atoms with Crippen molar-refractivity contribution in [3.63, 3.8) is 0 Å². The summed E-state index contributed by atoms with van der Waals surface area (Å²) in [4.78, 5) is 44.9. The smallest absolute Gasteiger partial charge is 0.375 e. The molecule has 4 atom stereocenters. The van der Waals surface area contributed by atoms with Gasteiger partial charge in [-0.1, -0.05) is 50.3 Å². The molecule has 2 aromatic carbocycles. The number of ketones is 1. The van der Waals surface area contributed by atoms with E-state index in [4.69, 9.17) is 18.9 Å². The summed E-state index contributed by atoms with van der Waals surface area (Å²) < 4.78 is 24.1. The summed E-state index contributed by atoms with van der Waals surface area (Å²) in [5.41, 5.74) is 1.60. The van der Waals surface area contributed by atoms with Crippen molar-refractivity contribution in [3.8, 4) is 17.2 Å². The highest BCUT2D eigenvalue weighted by atomic mass is 16.6. The Hall–Kier alpha value is -4.32. The van der Waals surface area contributed by atoms with Crippen LogP contribution in [0.4, 0.5) is 0 Å². The standard InChI is InChI=1S/C40H47NO10/c1-5-7-8-9-13-40(3,47)31-18-27-35(50-31)29(21-44)37-33(36(27)48-4)32(28(20-43)38(51-37)39(46)49-6-2)24-16-25(19-42)34(45)26(17-24)22-10-11-30-23(15-22)12-14-41-30/h10-12,15,20,25-26,31,42,44,47H,5-9,13-14,16-19,21H2,1-4H3. The molecule has 2 aromatic rings. The van der Waals surface area contributed by atoms with E-state index in [2.05, 4.69) is 11.9 Å². The molecule has 0 aromatic heterocycles. The van der Waals surface area contributed by atoms with Gasteiger partial charge in [-0.05, 0) is 56.0 Å². The molecule has 11 nitrogen and oxygen atoms in total. The molecule has 0 amide bonds. The Morgan fingerprint density at radius 2 is 1.92 bits per heavy atom. The molecule has 11 heteroatoms. The molecule has 1 fully saturated rings. The van der Waals surface area contributed by atoms with Crippen molar-refractivity contribution < 1.29 is 48.7 Å². The number of methoxy groups -OCH3 is 1. The van der Waals surface area contributed by atoms with Gasteiger partial charge >= 0.3 is 5.97 Å². The Labute approximate surface area is 297 Å². The van der Waals surface area contributed by atoms with Gasteiger partial charge in [0.1, 0.15) is 29.1 Å². The van der Waals surface area contributed by atoms with Crippen LogP contribution in [0.3, 0.4) is 0 Å². The minimum Gasteiger partial charge on any atom is -0.496 e. The molecular weight excluding hydrogens is 654 g/mol. The van der Waals surface area contributed by atoms with Crippen LogP contribution in [0.15, 0.2) is 40.1 Å². The van der Waals surface area contributed by atoms with E-state index in [1.165, 1.54) is 7.11 Å². The number of allylic oxidation sites excluding steroid dienone is 3. The number of aliphatic hydroxyl groups excluding tert-OH is 2. The number of unbranched alkanes of at least 4 members (excludes halogenated alkanes) is 3. The zero-order chi connectivity index (χ0) is 36.4. The summed E-state index contributed by atoms with van der Waals surface area (Å²) in [6.07, 6.45) is 6.83. The van der Waals surface area contributed by atoms with E-state index < -0.39 is 42.7 Å². The summed E-state index contributed by atoms with van der Waals surface area (Å²) in [5, 5.41) is 34.8. The molecule has 1 saturated carbocycles. The third-order valence-corrected chi connectivity index (χ3v) is 10.6. The molecule has 4 unspecified atom stereocenters. The van der Waals surface area contributed by atoms with E-state index in [1.807, 2.05) is 24.3 Å². The predicted octanol–water partition coefficient (Wildman–Crippen LogP) is 3.54. The number of esters is 1. The molecule has 3 heterocycles. The van der Waals surface area contributed by atoms with Crippen LogP contribution in [0.25, 0.3) is 11.6 Å². The van der Waals surface area contributed by atoms with E-state index >= 15 is 0 Å². The molecule has 0 spiro atoms. The first-order valence-electron chi connectivity index (χ1n) is 17.9. The van der Waals surface area contributed by atoms with Crippen LogP contribution in [-0.4, -0.2) is 71.9 Å². The molecule has 3 N–H and O–H groups in total. The Morgan fingerprint density at radius 3 is 2.61 bits per heavy atom. The number of benzene rings is 2. The van der Waals surface area contributed by atoms with E-state index in [0.29, 0.717) is 53.0 Å². The third kappa shape index (κ3) is 6.63. The number of hydrogen-bond acceptors (Lipinski definition) is 11. The number of carbonyl (C=O) groups is 3. The molecule has 1 aliphatic carbocycles. The summed E-state index contributed by atoms with van der Waals surface area (Å²) in [7, 11) is 1.48. The van der Waals surface area contributed by atoms with Gasteiger partial charge < -0.3 is 34.3 Å². The lowest BCUT2D eigenvalue weighted by atomic mass is 9.71. The number of Topliss-reactive ketones (excluding diaryl/α,β-unsaturated/α-hetero) is 1. The molecule has 51 heavy (non-hydrogen) atoms. The van der Waals surface area contributed by atoms with Crippen molar-refractivity contribution in [3.05, 3.63) is 67.9 Å². The SMILES string of the molecule is CCCCCCC(C)(O)C1Cc2c(c(CO)c3c(c2OC)C(=C2CC(CO)C(=O)C(c4ccc5c(c4)=CCN=5)C2)C(C=O)=C(C(=O)OCC)O3)O1. The molecule has 3 aliphatic heterocycles. The first-order chi connectivity index (χ1) is 24.6. The van der Waals surface area contributed by atoms with Crippen molar-refractivity contribution in [2.75, 3.05) is 26.9 Å². The van der Waals surface area contributed by atoms with Crippen LogP contribution in [0, 0.1) is 5.92 Å². The summed E-state index contributed by atoms with van der Waals surface area (Å²) in [6, 6.07) is 5.69. The summed E-state index contributed by atoms with van der Waals surface area (Å²) >= 11 is 0. The predicted molar refractivity (Wildman–Crippen MR) is 188 cm³/mol. The number of hydrogen-bond donors (Lipinski definition) is 3. The molecule has 0 saturated heterocycles. The Kier molecular flexibility index (Phi) is 10.8. The molecule has 0 radical (unpaired) electrons. The number of nitrogens with zero attached hydrogens (tertiary/aromatic N) is 1. The second kappa shape index (κ2) is 15.1. The van der Waals surface area contributed by atoms with E-state index in [0.717, 1.165) is 41.8 Å². The number of rotatable bonds is 13. The van der Waals surface area contributed by atoms with E-state index in [-0.39, 0.29) is 54.3 Å². The first kappa shape index (κ1) is 36.5. The number of aldehydes is 1. The highest BCUT2D eigenvalue weighted by Gasteiger charge is 2.46. The molecule has 272 valence electrons. The van der Waals surface area contributed by atoms with Crippen molar-refractivity contribution in [1.29, 1.82) is 0 Å². The molecule has 4 aliphatic rings. The third-order valence-electron chi connectivity index (χ3n) is 10.6. The lowest BCUT2D eigenvalue weighted by molar-refractivity contribution is -0.141. The average Bonchev–Trinajstić information content (AvgIpc) is 3.80. The first-order valence-corrected chi connectivity index (χ1v) is 17.9. The quantitative estimate of drug-likeness (QED) is 0.160. The van der Waals surface area contributed by atoms with Gasteiger partial charge in [0.15, 0.2) is 6.29 Å². The maximum atomic E-state index is 13.9. The summed E-state index contributed by atoms with van der Waals surface area (Å²) in [6.45, 7) is 5.11. The minimum absolute atomic E-state index is 0.0138. The molecular formula is C40H47NO10. The highest BCUT2D eigenvalue weighted by Crippen LogP contribution is 2.56. The zero-order valence-electron chi connectivity index (χ0n) is 29.8. The Morgan fingerprint density at radius 1 is 1.12 bits per heavy atom. The average molecular weight is 702 g/mol. The van der Waals surface area contributed by atoms with Crippen LogP contribution in [-0.2, 0) is 32.1 Å². The Balaban J connectivity index is 1.56. The molecule has 6 rings (SSSR count). The fourth-order valence-corrected chi connectivity index (χ4v) is 7.94. The van der Waals surface area contributed by atoms with E-state index in [1.54, 1.807) is 13.8 Å². The van der Waals surface area contributed by atoms with Crippen molar-refractivity contribution in [1.82, 2.24) is 0 Å². The number of ether oxygens (including phenoxy) is 4. The second-order valence-corrected chi connectivity index (χ2v) is 13.9. The van der Waals surface area contributed by atoms with Gasteiger partial charge in [-0.3, -0.25) is 14.6 Å². The fraction of sp³-hybridized carbons (Fsp3) is 0.500. The van der Waals surface area contributed by atoms with Gasteiger partial charge in [0.2, 0.25) is 5.76 Å². The van der Waals surface area contributed by atoms with Crippen LogP contribution in [0.2, 0.25) is 0 Å². The topological polar surface area (TPSA) is 161 Å².